The fraction of sp³-hybridized carbons (Fsp3) is 0.619. The Hall–Kier alpha value is -1.89. The molecular formula is C21H33N5OS. The van der Waals surface area contributed by atoms with Crippen molar-refractivity contribution >= 4 is 29.3 Å². The molecular weight excluding hydrogens is 370 g/mol. The van der Waals surface area contributed by atoms with Crippen LogP contribution in [0.4, 0.5) is 5.69 Å². The standard InChI is InChI=1S/C21H33N5OS/c1-3-20(27)26-10-9-18(16-26)24-21(22-4-2)23-15-17-5-7-19(8-6-17)25-11-13-28-14-12-25/h5-8,18H,3-4,9-16H2,1-2H3,(H2,22,23,24). The fourth-order valence-corrected chi connectivity index (χ4v) is 4.55. The van der Waals surface area contributed by atoms with Crippen LogP contribution in [0.2, 0.25) is 0 Å². The summed E-state index contributed by atoms with van der Waals surface area (Å²) in [6.07, 6.45) is 1.55. The molecule has 1 atom stereocenters. The number of guanidine groups is 1. The second-order valence-electron chi connectivity index (χ2n) is 7.28. The lowest BCUT2D eigenvalue weighted by Gasteiger charge is -2.28. The predicted octanol–water partition coefficient (Wildman–Crippen LogP) is 2.31. The van der Waals surface area contributed by atoms with E-state index >= 15 is 0 Å². The number of nitrogens with zero attached hydrogens (tertiary/aromatic N) is 3. The van der Waals surface area contributed by atoms with E-state index in [1.807, 2.05) is 23.6 Å². The van der Waals surface area contributed by atoms with Gasteiger partial charge in [0.05, 0.1) is 6.54 Å². The lowest BCUT2D eigenvalue weighted by Crippen LogP contribution is -2.45. The monoisotopic (exact) mass is 403 g/mol. The number of anilines is 1. The van der Waals surface area contributed by atoms with Gasteiger partial charge in [-0.2, -0.15) is 11.8 Å². The van der Waals surface area contributed by atoms with E-state index in [0.29, 0.717) is 13.0 Å². The van der Waals surface area contributed by atoms with Crippen molar-refractivity contribution in [3.8, 4) is 0 Å². The Labute approximate surface area is 173 Å². The molecule has 2 fully saturated rings. The summed E-state index contributed by atoms with van der Waals surface area (Å²) in [6.45, 7) is 9.33. The molecule has 3 rings (SSSR count). The van der Waals surface area contributed by atoms with Crippen LogP contribution in [0.15, 0.2) is 29.3 Å². The van der Waals surface area contributed by atoms with Crippen LogP contribution in [0.5, 0.6) is 0 Å². The first kappa shape index (κ1) is 20.8. The Morgan fingerprint density at radius 2 is 1.93 bits per heavy atom. The number of carbonyl (C=O) groups excluding carboxylic acids is 1. The van der Waals surface area contributed by atoms with Gasteiger partial charge in [-0.3, -0.25) is 4.79 Å². The third-order valence-electron chi connectivity index (χ3n) is 5.26. The molecule has 7 heteroatoms. The van der Waals surface area contributed by atoms with Crippen LogP contribution < -0.4 is 15.5 Å². The maximum Gasteiger partial charge on any atom is 0.222 e. The molecule has 6 nitrogen and oxygen atoms in total. The Kier molecular flexibility index (Phi) is 7.89. The maximum atomic E-state index is 11.9. The average molecular weight is 404 g/mol. The Morgan fingerprint density at radius 1 is 1.18 bits per heavy atom. The first-order valence-electron chi connectivity index (χ1n) is 10.4. The number of benzene rings is 1. The van der Waals surface area contributed by atoms with Crippen molar-refractivity contribution in [1.29, 1.82) is 0 Å². The van der Waals surface area contributed by atoms with Gasteiger partial charge >= 0.3 is 0 Å². The molecule has 2 N–H and O–H groups in total. The summed E-state index contributed by atoms with van der Waals surface area (Å²) in [5.74, 6) is 3.49. The van der Waals surface area contributed by atoms with Crippen LogP contribution in [-0.4, -0.2) is 67.0 Å². The molecule has 1 unspecified atom stereocenters. The van der Waals surface area contributed by atoms with Gasteiger partial charge in [-0.15, -0.1) is 0 Å². The number of rotatable bonds is 6. The molecule has 1 amide bonds. The molecule has 154 valence electrons. The zero-order chi connectivity index (χ0) is 19.8. The van der Waals surface area contributed by atoms with Crippen LogP contribution in [0, 0.1) is 0 Å². The molecule has 1 aromatic rings. The Morgan fingerprint density at radius 3 is 2.61 bits per heavy atom. The summed E-state index contributed by atoms with van der Waals surface area (Å²) in [6, 6.07) is 9.06. The van der Waals surface area contributed by atoms with Gasteiger partial charge in [-0.05, 0) is 31.0 Å². The highest BCUT2D eigenvalue weighted by molar-refractivity contribution is 7.99. The zero-order valence-electron chi connectivity index (χ0n) is 17.1. The van der Waals surface area contributed by atoms with Crippen molar-refractivity contribution in [2.45, 2.75) is 39.3 Å². The smallest absolute Gasteiger partial charge is 0.222 e. The van der Waals surface area contributed by atoms with Gasteiger partial charge in [0, 0.05) is 62.4 Å². The molecule has 2 heterocycles. The lowest BCUT2D eigenvalue weighted by molar-refractivity contribution is -0.129. The van der Waals surface area contributed by atoms with Gasteiger partial charge in [0.1, 0.15) is 0 Å². The van der Waals surface area contributed by atoms with Crippen LogP contribution in [-0.2, 0) is 11.3 Å². The van der Waals surface area contributed by atoms with E-state index in [1.54, 1.807) is 0 Å². The minimum absolute atomic E-state index is 0.235. The number of carbonyl (C=O) groups is 1. The largest absolute Gasteiger partial charge is 0.370 e. The number of nitrogens with one attached hydrogen (secondary N) is 2. The van der Waals surface area contributed by atoms with Gasteiger partial charge in [0.15, 0.2) is 5.96 Å². The maximum absolute atomic E-state index is 11.9. The first-order chi connectivity index (χ1) is 13.7. The van der Waals surface area contributed by atoms with Crippen LogP contribution in [0.3, 0.4) is 0 Å². The van der Waals surface area contributed by atoms with Crippen LogP contribution in [0.25, 0.3) is 0 Å². The summed E-state index contributed by atoms with van der Waals surface area (Å²) in [5.41, 5.74) is 2.52. The third-order valence-corrected chi connectivity index (χ3v) is 6.20. The summed E-state index contributed by atoms with van der Waals surface area (Å²) in [4.78, 5) is 21.0. The molecule has 2 saturated heterocycles. The van der Waals surface area contributed by atoms with Crippen LogP contribution in [0.1, 0.15) is 32.3 Å². The summed E-state index contributed by atoms with van der Waals surface area (Å²) < 4.78 is 0. The van der Waals surface area contributed by atoms with Gasteiger partial charge < -0.3 is 20.4 Å². The number of likely N-dealkylation sites (tertiary alicyclic amines) is 1. The quantitative estimate of drug-likeness (QED) is 0.564. The highest BCUT2D eigenvalue weighted by atomic mass is 32.2. The molecule has 0 aromatic heterocycles. The summed E-state index contributed by atoms with van der Waals surface area (Å²) in [7, 11) is 0. The minimum Gasteiger partial charge on any atom is -0.370 e. The molecule has 0 saturated carbocycles. The first-order valence-corrected chi connectivity index (χ1v) is 11.6. The number of hydrogen-bond donors (Lipinski definition) is 2. The average Bonchev–Trinajstić information content (AvgIpc) is 3.21. The summed E-state index contributed by atoms with van der Waals surface area (Å²) >= 11 is 2.03. The van der Waals surface area contributed by atoms with E-state index < -0.39 is 0 Å². The minimum atomic E-state index is 0.235. The van der Waals surface area contributed by atoms with Crippen molar-refractivity contribution < 1.29 is 4.79 Å². The normalized spacial score (nSPS) is 20.4. The highest BCUT2D eigenvalue weighted by Crippen LogP contribution is 2.20. The van der Waals surface area contributed by atoms with Crippen molar-refractivity contribution in [1.82, 2.24) is 15.5 Å². The van der Waals surface area contributed by atoms with E-state index in [4.69, 9.17) is 4.99 Å². The molecule has 0 aliphatic carbocycles. The van der Waals surface area contributed by atoms with E-state index in [0.717, 1.165) is 45.1 Å². The van der Waals surface area contributed by atoms with Gasteiger partial charge in [-0.25, -0.2) is 4.99 Å². The van der Waals surface area contributed by atoms with Crippen LogP contribution >= 0.6 is 11.8 Å². The molecule has 0 bridgehead atoms. The van der Waals surface area contributed by atoms with E-state index in [9.17, 15) is 4.79 Å². The van der Waals surface area contributed by atoms with Crippen molar-refractivity contribution in [3.63, 3.8) is 0 Å². The zero-order valence-corrected chi connectivity index (χ0v) is 17.9. The second kappa shape index (κ2) is 10.6. The number of amides is 1. The van der Waals surface area contributed by atoms with Gasteiger partial charge in [-0.1, -0.05) is 19.1 Å². The van der Waals surface area contributed by atoms with E-state index in [2.05, 4.69) is 46.7 Å². The van der Waals surface area contributed by atoms with Gasteiger partial charge in [0.2, 0.25) is 5.91 Å². The van der Waals surface area contributed by atoms with Gasteiger partial charge in [0.25, 0.3) is 0 Å². The Bertz CT molecular complexity index is 657. The third kappa shape index (κ3) is 5.80. The summed E-state index contributed by atoms with van der Waals surface area (Å²) in [5, 5.41) is 6.82. The molecule has 0 radical (unpaired) electrons. The fourth-order valence-electron chi connectivity index (χ4n) is 3.65. The second-order valence-corrected chi connectivity index (χ2v) is 8.51. The topological polar surface area (TPSA) is 60.0 Å². The molecule has 28 heavy (non-hydrogen) atoms. The highest BCUT2D eigenvalue weighted by Gasteiger charge is 2.25. The molecule has 2 aliphatic heterocycles. The van der Waals surface area contributed by atoms with E-state index in [-0.39, 0.29) is 11.9 Å². The lowest BCUT2D eigenvalue weighted by atomic mass is 10.2. The molecule has 2 aliphatic rings. The number of thioether (sulfide) groups is 1. The van der Waals surface area contributed by atoms with Crippen molar-refractivity contribution in [3.05, 3.63) is 29.8 Å². The number of aliphatic imine (C=N–C) groups is 1. The van der Waals surface area contributed by atoms with Crippen molar-refractivity contribution in [2.24, 2.45) is 4.99 Å². The van der Waals surface area contributed by atoms with E-state index in [1.165, 1.54) is 22.8 Å². The predicted molar refractivity (Wildman–Crippen MR) is 119 cm³/mol. The molecule has 0 spiro atoms. The Balaban J connectivity index is 1.54. The SMILES string of the molecule is CCNC(=NCc1ccc(N2CCSCC2)cc1)NC1CCN(C(=O)CC)C1. The number of hydrogen-bond acceptors (Lipinski definition) is 4. The molecule has 1 aromatic carbocycles. The van der Waals surface area contributed by atoms with Crippen molar-refractivity contribution in [2.75, 3.05) is 49.1 Å².